The van der Waals surface area contributed by atoms with Crippen molar-refractivity contribution in [1.82, 2.24) is 15.3 Å². The van der Waals surface area contributed by atoms with Crippen LogP contribution in [0.25, 0.3) is 0 Å². The summed E-state index contributed by atoms with van der Waals surface area (Å²) in [7, 11) is 0. The van der Waals surface area contributed by atoms with Crippen LogP contribution in [0.2, 0.25) is 0 Å². The molecule has 6 heteroatoms. The van der Waals surface area contributed by atoms with E-state index in [0.717, 1.165) is 16.9 Å². The van der Waals surface area contributed by atoms with E-state index in [9.17, 15) is 4.79 Å². The summed E-state index contributed by atoms with van der Waals surface area (Å²) in [5, 5.41) is 3.31. The second-order valence-corrected chi connectivity index (χ2v) is 5.44. The molecule has 0 atom stereocenters. The summed E-state index contributed by atoms with van der Waals surface area (Å²) in [5.41, 5.74) is 7.43. The van der Waals surface area contributed by atoms with E-state index in [2.05, 4.69) is 21.9 Å². The molecule has 4 N–H and O–H groups in total. The molecule has 0 saturated heterocycles. The predicted octanol–water partition coefficient (Wildman–Crippen LogP) is 1.64. The number of H-pyrrole nitrogens is 1. The van der Waals surface area contributed by atoms with Crippen LogP contribution in [-0.2, 0) is 13.0 Å². The Bertz CT molecular complexity index is 725. The summed E-state index contributed by atoms with van der Waals surface area (Å²) in [5.74, 6) is 1.65. The quantitative estimate of drug-likeness (QED) is 0.509. The number of benzene rings is 1. The average molecular weight is 314 g/mol. The third kappa shape index (κ3) is 5.96. The average Bonchev–Trinajstić information content (AvgIpc) is 2.49. The van der Waals surface area contributed by atoms with Gasteiger partial charge in [-0.3, -0.25) is 4.79 Å². The minimum atomic E-state index is -0.227. The number of nitrogen functional groups attached to an aromatic ring is 1. The van der Waals surface area contributed by atoms with Crippen LogP contribution >= 0.6 is 0 Å². The van der Waals surface area contributed by atoms with Gasteiger partial charge in [0.15, 0.2) is 0 Å². The number of hydrogen-bond donors (Lipinski definition) is 3. The van der Waals surface area contributed by atoms with Crippen LogP contribution in [0.15, 0.2) is 47.3 Å². The summed E-state index contributed by atoms with van der Waals surface area (Å²) >= 11 is 0. The van der Waals surface area contributed by atoms with Crippen LogP contribution in [-0.4, -0.2) is 23.1 Å². The Labute approximate surface area is 135 Å². The van der Waals surface area contributed by atoms with Crippen molar-refractivity contribution in [2.75, 3.05) is 18.9 Å². The van der Waals surface area contributed by atoms with E-state index >= 15 is 0 Å². The van der Waals surface area contributed by atoms with Gasteiger partial charge in [-0.05, 0) is 30.2 Å². The van der Waals surface area contributed by atoms with Gasteiger partial charge in [0, 0.05) is 25.6 Å². The van der Waals surface area contributed by atoms with Gasteiger partial charge in [-0.25, -0.2) is 4.98 Å². The van der Waals surface area contributed by atoms with Crippen LogP contribution < -0.4 is 21.3 Å². The molecule has 0 saturated carbocycles. The minimum Gasteiger partial charge on any atom is -0.489 e. The summed E-state index contributed by atoms with van der Waals surface area (Å²) in [6.45, 7) is 7.66. The maximum Gasteiger partial charge on any atom is 0.252 e. The fourth-order valence-electron chi connectivity index (χ4n) is 2.04. The zero-order valence-corrected chi connectivity index (χ0v) is 13.3. The van der Waals surface area contributed by atoms with Gasteiger partial charge in [0.25, 0.3) is 5.56 Å². The standard InChI is InChI=1S/C17H22N4O2/c1-12(2)11-23-14-5-3-4-13(8-14)10-19-7-6-16-20-15(18)9-17(22)21-16/h3-5,8-9,19H,1,6-7,10-11H2,2H3,(H3,18,20,21,22). The third-order valence-electron chi connectivity index (χ3n) is 3.06. The van der Waals surface area contributed by atoms with Crippen LogP contribution in [0.4, 0.5) is 5.82 Å². The summed E-state index contributed by atoms with van der Waals surface area (Å²) in [6.07, 6.45) is 0.603. The van der Waals surface area contributed by atoms with Crippen molar-refractivity contribution in [2.45, 2.75) is 19.9 Å². The molecule has 1 heterocycles. The Hall–Kier alpha value is -2.60. The second kappa shape index (κ2) is 8.14. The summed E-state index contributed by atoms with van der Waals surface area (Å²) < 4.78 is 5.62. The number of hydrogen-bond acceptors (Lipinski definition) is 5. The van der Waals surface area contributed by atoms with Gasteiger partial charge < -0.3 is 20.8 Å². The number of nitrogens with two attached hydrogens (primary N) is 1. The van der Waals surface area contributed by atoms with Crippen LogP contribution in [0, 0.1) is 0 Å². The van der Waals surface area contributed by atoms with E-state index in [4.69, 9.17) is 10.5 Å². The lowest BCUT2D eigenvalue weighted by molar-refractivity contribution is 0.352. The topological polar surface area (TPSA) is 93.0 Å². The van der Waals surface area contributed by atoms with Crippen molar-refractivity contribution in [3.05, 3.63) is 64.2 Å². The number of nitrogens with one attached hydrogen (secondary N) is 2. The molecule has 1 aromatic heterocycles. The maximum atomic E-state index is 11.3. The molecule has 0 aliphatic rings. The number of aromatic nitrogens is 2. The molecule has 0 aliphatic carbocycles. The molecular weight excluding hydrogens is 292 g/mol. The fraction of sp³-hybridized carbons (Fsp3) is 0.294. The predicted molar refractivity (Wildman–Crippen MR) is 91.4 cm³/mol. The molecule has 0 bridgehead atoms. The Morgan fingerprint density at radius 3 is 3.00 bits per heavy atom. The first kappa shape index (κ1) is 16.8. The van der Waals surface area contributed by atoms with Crippen LogP contribution in [0.3, 0.4) is 0 Å². The molecule has 0 amide bonds. The zero-order valence-electron chi connectivity index (χ0n) is 13.3. The zero-order chi connectivity index (χ0) is 16.7. The highest BCUT2D eigenvalue weighted by atomic mass is 16.5. The van der Waals surface area contributed by atoms with Crippen molar-refractivity contribution in [1.29, 1.82) is 0 Å². The maximum absolute atomic E-state index is 11.3. The van der Waals surface area contributed by atoms with Gasteiger partial charge >= 0.3 is 0 Å². The van der Waals surface area contributed by atoms with Crippen molar-refractivity contribution >= 4 is 5.82 Å². The van der Waals surface area contributed by atoms with Crippen LogP contribution in [0.5, 0.6) is 5.75 Å². The highest BCUT2D eigenvalue weighted by molar-refractivity contribution is 5.29. The molecule has 1 aromatic carbocycles. The third-order valence-corrected chi connectivity index (χ3v) is 3.06. The van der Waals surface area contributed by atoms with E-state index in [1.165, 1.54) is 6.07 Å². The van der Waals surface area contributed by atoms with Gasteiger partial charge in [-0.2, -0.15) is 0 Å². The molecule has 23 heavy (non-hydrogen) atoms. The van der Waals surface area contributed by atoms with E-state index in [0.29, 0.717) is 31.9 Å². The molecule has 122 valence electrons. The lowest BCUT2D eigenvalue weighted by Crippen LogP contribution is -2.20. The number of nitrogens with zero attached hydrogens (tertiary/aromatic N) is 1. The first-order valence-electron chi connectivity index (χ1n) is 7.45. The van der Waals surface area contributed by atoms with E-state index in [1.807, 2.05) is 31.2 Å². The SMILES string of the molecule is C=C(C)COc1cccc(CNCCc2nc(N)cc(=O)[nH]2)c1. The highest BCUT2D eigenvalue weighted by Crippen LogP contribution is 2.13. The van der Waals surface area contributed by atoms with Crippen molar-refractivity contribution in [3.63, 3.8) is 0 Å². The van der Waals surface area contributed by atoms with Gasteiger partial charge in [0.05, 0.1) is 0 Å². The lowest BCUT2D eigenvalue weighted by Gasteiger charge is -2.09. The highest BCUT2D eigenvalue weighted by Gasteiger charge is 2.00. The Morgan fingerprint density at radius 2 is 2.26 bits per heavy atom. The number of aromatic amines is 1. The fourth-order valence-corrected chi connectivity index (χ4v) is 2.04. The molecule has 0 aliphatic heterocycles. The first-order valence-corrected chi connectivity index (χ1v) is 7.45. The molecule has 6 nitrogen and oxygen atoms in total. The number of anilines is 1. The summed E-state index contributed by atoms with van der Waals surface area (Å²) in [6, 6.07) is 9.18. The van der Waals surface area contributed by atoms with Crippen molar-refractivity contribution in [2.24, 2.45) is 0 Å². The largest absolute Gasteiger partial charge is 0.489 e. The molecule has 0 spiro atoms. The summed E-state index contributed by atoms with van der Waals surface area (Å²) in [4.78, 5) is 18.1. The van der Waals surface area contributed by atoms with Crippen molar-refractivity contribution < 1.29 is 4.74 Å². The van der Waals surface area contributed by atoms with Crippen molar-refractivity contribution in [3.8, 4) is 5.75 Å². The Morgan fingerprint density at radius 1 is 1.43 bits per heavy atom. The van der Waals surface area contributed by atoms with E-state index in [-0.39, 0.29) is 11.4 Å². The number of rotatable bonds is 8. The minimum absolute atomic E-state index is 0.227. The Kier molecular flexibility index (Phi) is 5.94. The molecule has 0 unspecified atom stereocenters. The van der Waals surface area contributed by atoms with Gasteiger partial charge in [0.2, 0.25) is 0 Å². The lowest BCUT2D eigenvalue weighted by atomic mass is 10.2. The van der Waals surface area contributed by atoms with Crippen LogP contribution in [0.1, 0.15) is 18.3 Å². The monoisotopic (exact) mass is 314 g/mol. The van der Waals surface area contributed by atoms with E-state index in [1.54, 1.807) is 0 Å². The second-order valence-electron chi connectivity index (χ2n) is 5.44. The van der Waals surface area contributed by atoms with Gasteiger partial charge in [0.1, 0.15) is 24.0 Å². The smallest absolute Gasteiger partial charge is 0.252 e. The molecule has 2 rings (SSSR count). The Balaban J connectivity index is 1.80. The first-order chi connectivity index (χ1) is 11.0. The van der Waals surface area contributed by atoms with Gasteiger partial charge in [-0.15, -0.1) is 0 Å². The van der Waals surface area contributed by atoms with Gasteiger partial charge in [-0.1, -0.05) is 18.7 Å². The normalized spacial score (nSPS) is 10.5. The molecule has 2 aromatic rings. The molecule has 0 fully saturated rings. The molecule has 0 radical (unpaired) electrons. The molecular formula is C17H22N4O2. The van der Waals surface area contributed by atoms with E-state index < -0.39 is 0 Å². The number of ether oxygens (including phenoxy) is 1.